The van der Waals surface area contributed by atoms with E-state index in [0.717, 1.165) is 43.2 Å². The summed E-state index contributed by atoms with van der Waals surface area (Å²) in [7, 11) is 1.66. The number of nitrogens with zero attached hydrogens (tertiary/aromatic N) is 3. The number of ether oxygens (including phenoxy) is 1. The van der Waals surface area contributed by atoms with E-state index >= 15 is 0 Å². The van der Waals surface area contributed by atoms with E-state index in [1.165, 1.54) is 0 Å². The molecule has 1 amide bonds. The van der Waals surface area contributed by atoms with E-state index < -0.39 is 0 Å². The summed E-state index contributed by atoms with van der Waals surface area (Å²) in [4.78, 5) is 21.8. The van der Waals surface area contributed by atoms with E-state index in [4.69, 9.17) is 4.74 Å². The highest BCUT2D eigenvalue weighted by molar-refractivity contribution is 5.94. The van der Waals surface area contributed by atoms with Crippen LogP contribution in [0.3, 0.4) is 0 Å². The van der Waals surface area contributed by atoms with Crippen molar-refractivity contribution in [1.82, 2.24) is 14.8 Å². The Kier molecular flexibility index (Phi) is 7.09. The summed E-state index contributed by atoms with van der Waals surface area (Å²) < 4.78 is 5.18. The summed E-state index contributed by atoms with van der Waals surface area (Å²) in [6.45, 7) is 9.79. The van der Waals surface area contributed by atoms with Gasteiger partial charge in [-0.1, -0.05) is 19.1 Å². The minimum absolute atomic E-state index is 0.0704. The molecule has 1 aliphatic heterocycles. The Morgan fingerprint density at radius 1 is 1.21 bits per heavy atom. The standard InChI is InChI=1S/C23H32N4O2/c1-5-20-16-26(12-13-27(20)17(2)3)23(28)19-8-11-22(25-15-19)24-14-18-6-9-21(29-4)10-7-18/h6-11,15,17,20H,5,12-14,16H2,1-4H3,(H,24,25). The number of hydrogen-bond acceptors (Lipinski definition) is 5. The Bertz CT molecular complexity index is 790. The molecule has 3 rings (SSSR count). The maximum Gasteiger partial charge on any atom is 0.255 e. The average Bonchev–Trinajstić information content (AvgIpc) is 2.77. The molecule has 29 heavy (non-hydrogen) atoms. The molecule has 2 heterocycles. The Hall–Kier alpha value is -2.60. The molecule has 1 fully saturated rings. The van der Waals surface area contributed by atoms with E-state index in [-0.39, 0.29) is 5.91 Å². The molecule has 6 nitrogen and oxygen atoms in total. The van der Waals surface area contributed by atoms with Crippen molar-refractivity contribution in [2.45, 2.75) is 45.8 Å². The first-order valence-corrected chi connectivity index (χ1v) is 10.4. The monoisotopic (exact) mass is 396 g/mol. The number of carbonyl (C=O) groups excluding carboxylic acids is 1. The molecule has 0 spiro atoms. The van der Waals surface area contributed by atoms with Crippen molar-refractivity contribution >= 4 is 11.7 Å². The van der Waals surface area contributed by atoms with Gasteiger partial charge in [0.1, 0.15) is 11.6 Å². The number of piperazine rings is 1. The molecule has 1 saturated heterocycles. The van der Waals surface area contributed by atoms with Crippen molar-refractivity contribution in [3.05, 3.63) is 53.7 Å². The van der Waals surface area contributed by atoms with Gasteiger partial charge in [-0.25, -0.2) is 4.98 Å². The van der Waals surface area contributed by atoms with Gasteiger partial charge in [0, 0.05) is 44.5 Å². The van der Waals surface area contributed by atoms with Gasteiger partial charge >= 0.3 is 0 Å². The molecular weight excluding hydrogens is 364 g/mol. The van der Waals surface area contributed by atoms with Crippen LogP contribution in [0.25, 0.3) is 0 Å². The number of hydrogen-bond donors (Lipinski definition) is 1. The van der Waals surface area contributed by atoms with Crippen LogP contribution in [0, 0.1) is 0 Å². The van der Waals surface area contributed by atoms with Crippen LogP contribution >= 0.6 is 0 Å². The number of pyridine rings is 1. The number of aromatic nitrogens is 1. The van der Waals surface area contributed by atoms with Gasteiger partial charge in [-0.05, 0) is 50.1 Å². The minimum Gasteiger partial charge on any atom is -0.497 e. The van der Waals surface area contributed by atoms with Crippen LogP contribution in [-0.4, -0.2) is 59.5 Å². The molecule has 156 valence electrons. The third kappa shape index (κ3) is 5.26. The SMILES string of the molecule is CCC1CN(C(=O)c2ccc(NCc3ccc(OC)cc3)nc2)CCN1C(C)C. The quantitative estimate of drug-likeness (QED) is 0.774. The van der Waals surface area contributed by atoms with E-state index in [0.29, 0.717) is 24.2 Å². The lowest BCUT2D eigenvalue weighted by Gasteiger charge is -2.43. The van der Waals surface area contributed by atoms with Gasteiger partial charge in [0.25, 0.3) is 5.91 Å². The number of rotatable bonds is 7. The van der Waals surface area contributed by atoms with Crippen LogP contribution < -0.4 is 10.1 Å². The molecule has 1 atom stereocenters. The molecular formula is C23H32N4O2. The highest BCUT2D eigenvalue weighted by Gasteiger charge is 2.30. The van der Waals surface area contributed by atoms with E-state index in [2.05, 4.69) is 36.0 Å². The van der Waals surface area contributed by atoms with Gasteiger partial charge < -0.3 is 15.0 Å². The molecule has 2 aromatic rings. The van der Waals surface area contributed by atoms with Crippen molar-refractivity contribution in [3.63, 3.8) is 0 Å². The lowest BCUT2D eigenvalue weighted by atomic mass is 10.1. The zero-order valence-corrected chi connectivity index (χ0v) is 17.9. The Morgan fingerprint density at radius 2 is 1.97 bits per heavy atom. The Balaban J connectivity index is 1.57. The highest BCUT2D eigenvalue weighted by Crippen LogP contribution is 2.18. The number of methoxy groups -OCH3 is 1. The molecule has 1 N–H and O–H groups in total. The predicted molar refractivity (Wildman–Crippen MR) is 116 cm³/mol. The zero-order valence-electron chi connectivity index (χ0n) is 17.9. The largest absolute Gasteiger partial charge is 0.497 e. The van der Waals surface area contributed by atoms with Gasteiger partial charge in [0.2, 0.25) is 0 Å². The van der Waals surface area contributed by atoms with Gasteiger partial charge in [-0.15, -0.1) is 0 Å². The fourth-order valence-electron chi connectivity index (χ4n) is 3.84. The van der Waals surface area contributed by atoms with Crippen molar-refractivity contribution < 1.29 is 9.53 Å². The predicted octanol–water partition coefficient (Wildman–Crippen LogP) is 3.65. The molecule has 0 aliphatic carbocycles. The van der Waals surface area contributed by atoms with E-state index in [1.807, 2.05) is 41.3 Å². The lowest BCUT2D eigenvalue weighted by molar-refractivity contribution is 0.0371. The van der Waals surface area contributed by atoms with Crippen LogP contribution in [0.15, 0.2) is 42.6 Å². The van der Waals surface area contributed by atoms with Crippen LogP contribution in [-0.2, 0) is 6.54 Å². The Morgan fingerprint density at radius 3 is 2.55 bits per heavy atom. The van der Waals surface area contributed by atoms with Crippen LogP contribution in [0.2, 0.25) is 0 Å². The number of anilines is 1. The summed E-state index contributed by atoms with van der Waals surface area (Å²) in [6, 6.07) is 12.6. The molecule has 6 heteroatoms. The normalized spacial score (nSPS) is 17.4. The maximum absolute atomic E-state index is 12.9. The molecule has 1 aromatic carbocycles. The summed E-state index contributed by atoms with van der Waals surface area (Å²) >= 11 is 0. The molecule has 1 unspecified atom stereocenters. The summed E-state index contributed by atoms with van der Waals surface area (Å²) in [5.41, 5.74) is 1.79. The molecule has 0 bridgehead atoms. The van der Waals surface area contributed by atoms with Gasteiger partial charge in [-0.2, -0.15) is 0 Å². The number of carbonyl (C=O) groups is 1. The van der Waals surface area contributed by atoms with Crippen LogP contribution in [0.5, 0.6) is 5.75 Å². The first-order valence-electron chi connectivity index (χ1n) is 10.4. The maximum atomic E-state index is 12.9. The lowest BCUT2D eigenvalue weighted by Crippen LogP contribution is -2.56. The fourth-order valence-corrected chi connectivity index (χ4v) is 3.84. The number of amides is 1. The first kappa shape index (κ1) is 21.1. The van der Waals surface area contributed by atoms with E-state index in [9.17, 15) is 4.79 Å². The third-order valence-electron chi connectivity index (χ3n) is 5.59. The second-order valence-electron chi connectivity index (χ2n) is 7.78. The van der Waals surface area contributed by atoms with Gasteiger partial charge in [0.15, 0.2) is 0 Å². The molecule has 1 aliphatic rings. The smallest absolute Gasteiger partial charge is 0.255 e. The third-order valence-corrected chi connectivity index (χ3v) is 5.59. The molecule has 0 radical (unpaired) electrons. The molecule has 1 aromatic heterocycles. The van der Waals surface area contributed by atoms with Gasteiger partial charge in [-0.3, -0.25) is 9.69 Å². The second-order valence-corrected chi connectivity index (χ2v) is 7.78. The zero-order chi connectivity index (χ0) is 20.8. The van der Waals surface area contributed by atoms with Crippen LogP contribution in [0.4, 0.5) is 5.82 Å². The second kappa shape index (κ2) is 9.74. The molecule has 0 saturated carbocycles. The summed E-state index contributed by atoms with van der Waals surface area (Å²) in [5.74, 6) is 1.67. The first-order chi connectivity index (χ1) is 14.0. The highest BCUT2D eigenvalue weighted by atomic mass is 16.5. The average molecular weight is 397 g/mol. The van der Waals surface area contributed by atoms with Crippen molar-refractivity contribution in [3.8, 4) is 5.75 Å². The van der Waals surface area contributed by atoms with Gasteiger partial charge in [0.05, 0.1) is 12.7 Å². The minimum atomic E-state index is 0.0704. The Labute approximate surface area is 173 Å². The fraction of sp³-hybridized carbons (Fsp3) is 0.478. The summed E-state index contributed by atoms with van der Waals surface area (Å²) in [6.07, 6.45) is 2.73. The van der Waals surface area contributed by atoms with Crippen molar-refractivity contribution in [1.29, 1.82) is 0 Å². The summed E-state index contributed by atoms with van der Waals surface area (Å²) in [5, 5.41) is 3.30. The van der Waals surface area contributed by atoms with Crippen molar-refractivity contribution in [2.75, 3.05) is 32.1 Å². The van der Waals surface area contributed by atoms with E-state index in [1.54, 1.807) is 13.3 Å². The van der Waals surface area contributed by atoms with Crippen LogP contribution in [0.1, 0.15) is 43.1 Å². The van der Waals surface area contributed by atoms with Crippen molar-refractivity contribution in [2.24, 2.45) is 0 Å². The number of benzene rings is 1. The topological polar surface area (TPSA) is 57.7 Å². The number of nitrogens with one attached hydrogen (secondary N) is 1.